The van der Waals surface area contributed by atoms with Gasteiger partial charge >= 0.3 is 5.69 Å². The molecule has 0 unspecified atom stereocenters. The minimum Gasteiger partial charge on any atom is -0.250 e. The van der Waals surface area contributed by atoms with Gasteiger partial charge in [0, 0.05) is 4.47 Å². The quantitative estimate of drug-likeness (QED) is 0.840. The van der Waals surface area contributed by atoms with E-state index >= 15 is 0 Å². The fourth-order valence-electron chi connectivity index (χ4n) is 1.21. The van der Waals surface area contributed by atoms with Crippen LogP contribution in [0.2, 0.25) is 0 Å². The molecule has 0 saturated carbocycles. The second-order valence-corrected chi connectivity index (χ2v) is 3.82. The van der Waals surface area contributed by atoms with Crippen LogP contribution >= 0.6 is 15.9 Å². The molecule has 1 N–H and O–H groups in total. The lowest BCUT2D eigenvalue weighted by Crippen LogP contribution is -2.14. The van der Waals surface area contributed by atoms with Gasteiger partial charge in [0.15, 0.2) is 0 Å². The molecule has 0 radical (unpaired) electrons. The predicted molar refractivity (Wildman–Crippen MR) is 56.6 cm³/mol. The van der Waals surface area contributed by atoms with E-state index in [2.05, 4.69) is 26.1 Å². The Morgan fingerprint density at radius 1 is 1.50 bits per heavy atom. The van der Waals surface area contributed by atoms with Gasteiger partial charge in [-0.3, -0.25) is 0 Å². The smallest absolute Gasteiger partial charge is 0.250 e. The van der Waals surface area contributed by atoms with Crippen LogP contribution in [0.15, 0.2) is 33.8 Å². The summed E-state index contributed by atoms with van der Waals surface area (Å²) >= 11 is 3.40. The Morgan fingerprint density at radius 2 is 2.29 bits per heavy atom. The standard InChI is InChI=1S/C9H8BrN3O/c1-6-4-7(2-3-8(6)10)13-5-11-12-9(13)14/h2-5H,1H3,(H,12,14). The van der Waals surface area contributed by atoms with Gasteiger partial charge in [-0.05, 0) is 30.7 Å². The van der Waals surface area contributed by atoms with Crippen molar-refractivity contribution in [3.8, 4) is 5.69 Å². The van der Waals surface area contributed by atoms with Gasteiger partial charge in [0.25, 0.3) is 0 Å². The molecule has 2 rings (SSSR count). The average Bonchev–Trinajstić information content (AvgIpc) is 2.57. The number of H-pyrrole nitrogens is 1. The van der Waals surface area contributed by atoms with Gasteiger partial charge < -0.3 is 0 Å². The lowest BCUT2D eigenvalue weighted by atomic mass is 10.2. The number of aryl methyl sites for hydroxylation is 1. The molecule has 14 heavy (non-hydrogen) atoms. The molecular formula is C9H8BrN3O. The lowest BCUT2D eigenvalue weighted by Gasteiger charge is -2.02. The topological polar surface area (TPSA) is 50.7 Å². The monoisotopic (exact) mass is 253 g/mol. The summed E-state index contributed by atoms with van der Waals surface area (Å²) in [6.07, 6.45) is 1.46. The molecule has 0 atom stereocenters. The first kappa shape index (κ1) is 9.21. The summed E-state index contributed by atoms with van der Waals surface area (Å²) in [5, 5.41) is 6.01. The SMILES string of the molecule is Cc1cc(-n2cn[nH]c2=O)ccc1Br. The second kappa shape index (κ2) is 3.42. The van der Waals surface area contributed by atoms with Crippen molar-refractivity contribution in [3.05, 3.63) is 45.0 Å². The van der Waals surface area contributed by atoms with Crippen LogP contribution in [-0.4, -0.2) is 14.8 Å². The minimum atomic E-state index is -0.230. The normalized spacial score (nSPS) is 10.4. The Hall–Kier alpha value is -1.36. The van der Waals surface area contributed by atoms with Crippen molar-refractivity contribution >= 4 is 15.9 Å². The first-order valence-electron chi connectivity index (χ1n) is 4.07. The van der Waals surface area contributed by atoms with E-state index in [1.54, 1.807) is 0 Å². The van der Waals surface area contributed by atoms with Gasteiger partial charge in [0.2, 0.25) is 0 Å². The Kier molecular flexibility index (Phi) is 2.25. The Morgan fingerprint density at radius 3 is 2.86 bits per heavy atom. The molecule has 4 nitrogen and oxygen atoms in total. The third-order valence-corrected chi connectivity index (χ3v) is 2.86. The summed E-state index contributed by atoms with van der Waals surface area (Å²) in [7, 11) is 0. The van der Waals surface area contributed by atoms with Crippen molar-refractivity contribution in [2.75, 3.05) is 0 Å². The Bertz CT molecular complexity index is 515. The Balaban J connectivity index is 2.59. The molecule has 0 saturated heterocycles. The third kappa shape index (κ3) is 1.50. The van der Waals surface area contributed by atoms with Gasteiger partial charge in [-0.15, -0.1) is 0 Å². The number of nitrogens with one attached hydrogen (secondary N) is 1. The van der Waals surface area contributed by atoms with Crippen molar-refractivity contribution < 1.29 is 0 Å². The molecular weight excluding hydrogens is 246 g/mol. The van der Waals surface area contributed by atoms with Crippen LogP contribution in [0.1, 0.15) is 5.56 Å². The molecule has 0 bridgehead atoms. The fraction of sp³-hybridized carbons (Fsp3) is 0.111. The molecule has 0 amide bonds. The average molecular weight is 254 g/mol. The van der Waals surface area contributed by atoms with E-state index in [0.29, 0.717) is 0 Å². The van der Waals surface area contributed by atoms with Crippen LogP contribution < -0.4 is 5.69 Å². The van der Waals surface area contributed by atoms with E-state index in [4.69, 9.17) is 0 Å². The number of nitrogens with zero attached hydrogens (tertiary/aromatic N) is 2. The molecule has 1 aromatic heterocycles. The van der Waals surface area contributed by atoms with Crippen LogP contribution in [0.25, 0.3) is 5.69 Å². The highest BCUT2D eigenvalue weighted by atomic mass is 79.9. The van der Waals surface area contributed by atoms with Gasteiger partial charge in [0.1, 0.15) is 6.33 Å². The van der Waals surface area contributed by atoms with Gasteiger partial charge in [-0.25, -0.2) is 14.5 Å². The summed E-state index contributed by atoms with van der Waals surface area (Å²) in [6.45, 7) is 1.97. The van der Waals surface area contributed by atoms with E-state index in [1.165, 1.54) is 10.9 Å². The summed E-state index contributed by atoms with van der Waals surface area (Å²) in [5.41, 5.74) is 1.66. The maximum atomic E-state index is 11.2. The van der Waals surface area contributed by atoms with Crippen LogP contribution in [0, 0.1) is 6.92 Å². The number of benzene rings is 1. The molecule has 2 aromatic rings. The van der Waals surface area contributed by atoms with Crippen molar-refractivity contribution in [1.29, 1.82) is 0 Å². The minimum absolute atomic E-state index is 0.230. The number of aromatic nitrogens is 3. The number of aromatic amines is 1. The van der Waals surface area contributed by atoms with Gasteiger partial charge in [-0.1, -0.05) is 15.9 Å². The van der Waals surface area contributed by atoms with E-state index in [-0.39, 0.29) is 5.69 Å². The second-order valence-electron chi connectivity index (χ2n) is 2.97. The zero-order valence-corrected chi connectivity index (χ0v) is 9.08. The van der Waals surface area contributed by atoms with Crippen LogP contribution in [-0.2, 0) is 0 Å². The molecule has 1 aromatic carbocycles. The first-order chi connectivity index (χ1) is 6.68. The first-order valence-corrected chi connectivity index (χ1v) is 4.86. The summed E-state index contributed by atoms with van der Waals surface area (Å²) < 4.78 is 2.48. The maximum absolute atomic E-state index is 11.2. The van der Waals surface area contributed by atoms with Crippen LogP contribution in [0.3, 0.4) is 0 Å². The highest BCUT2D eigenvalue weighted by molar-refractivity contribution is 9.10. The van der Waals surface area contributed by atoms with Crippen molar-refractivity contribution in [1.82, 2.24) is 14.8 Å². The highest BCUT2D eigenvalue weighted by Crippen LogP contribution is 2.18. The number of rotatable bonds is 1. The maximum Gasteiger partial charge on any atom is 0.347 e. The Labute approximate surface area is 88.7 Å². The molecule has 1 heterocycles. The zero-order chi connectivity index (χ0) is 10.1. The van der Waals surface area contributed by atoms with E-state index in [0.717, 1.165) is 15.7 Å². The largest absolute Gasteiger partial charge is 0.347 e. The number of hydrogen-bond acceptors (Lipinski definition) is 2. The number of halogens is 1. The van der Waals surface area contributed by atoms with E-state index in [9.17, 15) is 4.79 Å². The molecule has 72 valence electrons. The summed E-state index contributed by atoms with van der Waals surface area (Å²) in [4.78, 5) is 11.2. The molecule has 0 aliphatic rings. The molecule has 0 aliphatic carbocycles. The van der Waals surface area contributed by atoms with E-state index < -0.39 is 0 Å². The predicted octanol–water partition coefficient (Wildman–Crippen LogP) is 1.63. The van der Waals surface area contributed by atoms with Crippen molar-refractivity contribution in [3.63, 3.8) is 0 Å². The van der Waals surface area contributed by atoms with Crippen molar-refractivity contribution in [2.24, 2.45) is 0 Å². The van der Waals surface area contributed by atoms with E-state index in [1.807, 2.05) is 25.1 Å². The highest BCUT2D eigenvalue weighted by Gasteiger charge is 2.02. The molecule has 0 aliphatic heterocycles. The van der Waals surface area contributed by atoms with Crippen LogP contribution in [0.4, 0.5) is 0 Å². The van der Waals surface area contributed by atoms with Crippen molar-refractivity contribution in [2.45, 2.75) is 6.92 Å². The molecule has 0 fully saturated rings. The van der Waals surface area contributed by atoms with Crippen LogP contribution in [0.5, 0.6) is 0 Å². The summed E-state index contributed by atoms with van der Waals surface area (Å²) in [5.74, 6) is 0. The number of hydrogen-bond donors (Lipinski definition) is 1. The molecule has 5 heteroatoms. The molecule has 0 spiro atoms. The van der Waals surface area contributed by atoms with Gasteiger partial charge in [-0.2, -0.15) is 5.10 Å². The zero-order valence-electron chi connectivity index (χ0n) is 7.49. The van der Waals surface area contributed by atoms with Gasteiger partial charge in [0.05, 0.1) is 5.69 Å². The summed E-state index contributed by atoms with van der Waals surface area (Å²) in [6, 6.07) is 5.68. The lowest BCUT2D eigenvalue weighted by molar-refractivity contribution is 0.980. The fourth-order valence-corrected chi connectivity index (χ4v) is 1.46. The third-order valence-electron chi connectivity index (χ3n) is 1.97.